The lowest BCUT2D eigenvalue weighted by molar-refractivity contribution is 1.01. The fraction of sp³-hybridized carbons (Fsp3) is 0. The third kappa shape index (κ3) is 2.45. The minimum absolute atomic E-state index is 0.474. The van der Waals surface area contributed by atoms with Gasteiger partial charge in [-0.2, -0.15) is 0 Å². The lowest BCUT2D eigenvalue weighted by Gasteiger charge is -1.85. The normalized spacial score (nSPS) is 10.7. The zero-order chi connectivity index (χ0) is 10.1. The summed E-state index contributed by atoms with van der Waals surface area (Å²) < 4.78 is 3.48. The first kappa shape index (κ1) is 10.8. The molecule has 2 aromatic heterocycles. The first-order valence-electron chi connectivity index (χ1n) is 3.24. The van der Waals surface area contributed by atoms with Crippen LogP contribution >= 0.6 is 66.3 Å². The first-order valence-corrected chi connectivity index (χ1v) is 7.27. The van der Waals surface area contributed by atoms with Crippen molar-refractivity contribution in [3.63, 3.8) is 0 Å². The summed E-state index contributed by atoms with van der Waals surface area (Å²) in [5, 5.41) is 8.09. The number of halogens is 2. The molecule has 0 aromatic carbocycles. The Morgan fingerprint density at radius 2 is 1.93 bits per heavy atom. The second-order valence-corrected chi connectivity index (χ2v) is 7.62. The van der Waals surface area contributed by atoms with E-state index in [1.165, 1.54) is 34.4 Å². The van der Waals surface area contributed by atoms with Gasteiger partial charge in [-0.25, -0.2) is 4.98 Å². The molecule has 0 aliphatic heterocycles. The van der Waals surface area contributed by atoms with Gasteiger partial charge in [-0.05, 0) is 43.6 Å². The smallest absolute Gasteiger partial charge is 0.203 e. The van der Waals surface area contributed by atoms with E-state index in [4.69, 9.17) is 5.73 Å². The quantitative estimate of drug-likeness (QED) is 0.875. The number of thiazole rings is 1. The van der Waals surface area contributed by atoms with Gasteiger partial charge >= 0.3 is 0 Å². The standard InChI is InChI=1S/C5H2Br2N4S3/c6-1-2(7)12-4(9-1)14-5-11-10-3(8)13-5/h(H2,8,10). The van der Waals surface area contributed by atoms with Crippen LogP contribution < -0.4 is 5.73 Å². The Kier molecular flexibility index (Phi) is 3.42. The summed E-state index contributed by atoms with van der Waals surface area (Å²) in [5.74, 6) is 0. The second kappa shape index (κ2) is 4.44. The highest BCUT2D eigenvalue weighted by molar-refractivity contribution is 9.13. The van der Waals surface area contributed by atoms with E-state index in [1.54, 1.807) is 0 Å². The maximum absolute atomic E-state index is 5.46. The van der Waals surface area contributed by atoms with Gasteiger partial charge in [0.15, 0.2) is 8.68 Å². The minimum atomic E-state index is 0.474. The van der Waals surface area contributed by atoms with Gasteiger partial charge in [-0.15, -0.1) is 10.2 Å². The van der Waals surface area contributed by atoms with Gasteiger partial charge in [-0.1, -0.05) is 22.7 Å². The van der Waals surface area contributed by atoms with E-state index in [0.717, 1.165) is 17.1 Å². The maximum atomic E-state index is 5.46. The molecular formula is C5H2Br2N4S3. The molecule has 0 saturated carbocycles. The molecule has 0 atom stereocenters. The van der Waals surface area contributed by atoms with Crippen LogP contribution in [0.4, 0.5) is 5.13 Å². The number of nitrogens with two attached hydrogens (primary N) is 1. The molecule has 0 radical (unpaired) electrons. The summed E-state index contributed by atoms with van der Waals surface area (Å²) in [4.78, 5) is 4.26. The van der Waals surface area contributed by atoms with E-state index < -0.39 is 0 Å². The van der Waals surface area contributed by atoms with Crippen LogP contribution in [0, 0.1) is 0 Å². The molecule has 0 bridgehead atoms. The van der Waals surface area contributed by atoms with Crippen LogP contribution in [0.25, 0.3) is 0 Å². The average Bonchev–Trinajstić information content (AvgIpc) is 2.62. The lowest BCUT2D eigenvalue weighted by Crippen LogP contribution is -1.79. The van der Waals surface area contributed by atoms with Crippen LogP contribution in [0.2, 0.25) is 0 Å². The summed E-state index contributed by atoms with van der Waals surface area (Å²) >= 11 is 11.0. The highest BCUT2D eigenvalue weighted by Crippen LogP contribution is 2.38. The van der Waals surface area contributed by atoms with Crippen molar-refractivity contribution < 1.29 is 0 Å². The molecule has 0 aliphatic carbocycles. The Morgan fingerprint density at radius 1 is 1.14 bits per heavy atom. The summed E-state index contributed by atoms with van der Waals surface area (Å²) in [6.07, 6.45) is 0. The predicted molar refractivity (Wildman–Crippen MR) is 66.0 cm³/mol. The minimum Gasteiger partial charge on any atom is -0.374 e. The molecule has 74 valence electrons. The Labute approximate surface area is 109 Å². The number of anilines is 1. The Balaban J connectivity index is 2.18. The SMILES string of the molecule is Nc1nnc(Sc2nc(Br)c(Br)s2)s1. The van der Waals surface area contributed by atoms with Gasteiger partial charge in [0.2, 0.25) is 5.13 Å². The number of nitrogens with zero attached hydrogens (tertiary/aromatic N) is 3. The van der Waals surface area contributed by atoms with Crippen LogP contribution in [0.15, 0.2) is 17.1 Å². The van der Waals surface area contributed by atoms with Crippen molar-refractivity contribution in [3.05, 3.63) is 8.39 Å². The van der Waals surface area contributed by atoms with Crippen molar-refractivity contribution in [3.8, 4) is 0 Å². The van der Waals surface area contributed by atoms with Gasteiger partial charge in [0.05, 0.1) is 0 Å². The van der Waals surface area contributed by atoms with Gasteiger partial charge in [0.1, 0.15) is 8.39 Å². The van der Waals surface area contributed by atoms with Gasteiger partial charge in [0.25, 0.3) is 0 Å². The lowest BCUT2D eigenvalue weighted by atomic mass is 11.0. The van der Waals surface area contributed by atoms with Gasteiger partial charge in [0, 0.05) is 0 Å². The molecule has 2 N–H and O–H groups in total. The van der Waals surface area contributed by atoms with Crippen LogP contribution in [-0.2, 0) is 0 Å². The highest BCUT2D eigenvalue weighted by atomic mass is 79.9. The summed E-state index contributed by atoms with van der Waals surface area (Å²) in [5.41, 5.74) is 5.46. The largest absolute Gasteiger partial charge is 0.374 e. The molecule has 0 saturated heterocycles. The third-order valence-electron chi connectivity index (χ3n) is 1.13. The van der Waals surface area contributed by atoms with Gasteiger partial charge < -0.3 is 5.73 Å². The monoisotopic (exact) mass is 372 g/mol. The van der Waals surface area contributed by atoms with Crippen molar-refractivity contribution in [2.45, 2.75) is 8.68 Å². The Morgan fingerprint density at radius 3 is 2.43 bits per heavy atom. The van der Waals surface area contributed by atoms with Crippen molar-refractivity contribution in [1.82, 2.24) is 15.2 Å². The van der Waals surface area contributed by atoms with Crippen LogP contribution in [0.1, 0.15) is 0 Å². The number of rotatable bonds is 2. The molecule has 14 heavy (non-hydrogen) atoms. The third-order valence-corrected chi connectivity index (χ3v) is 6.06. The fourth-order valence-electron chi connectivity index (χ4n) is 0.646. The molecule has 0 fully saturated rings. The molecule has 4 nitrogen and oxygen atoms in total. The summed E-state index contributed by atoms with van der Waals surface area (Å²) in [7, 11) is 0. The zero-order valence-electron chi connectivity index (χ0n) is 6.40. The second-order valence-electron chi connectivity index (χ2n) is 2.05. The Hall–Kier alpha value is 0.300. The van der Waals surface area contributed by atoms with E-state index in [9.17, 15) is 0 Å². The summed E-state index contributed by atoms with van der Waals surface area (Å²) in [6.45, 7) is 0. The number of hydrogen-bond donors (Lipinski definition) is 1. The van der Waals surface area contributed by atoms with Gasteiger partial charge in [-0.3, -0.25) is 0 Å². The van der Waals surface area contributed by atoms with E-state index in [1.807, 2.05) is 0 Å². The number of aromatic nitrogens is 3. The molecule has 2 heterocycles. The summed E-state index contributed by atoms with van der Waals surface area (Å²) in [6, 6.07) is 0. The molecule has 0 amide bonds. The van der Waals surface area contributed by atoms with Crippen molar-refractivity contribution in [1.29, 1.82) is 0 Å². The molecule has 0 spiro atoms. The van der Waals surface area contributed by atoms with Crippen molar-refractivity contribution in [2.75, 3.05) is 5.73 Å². The first-order chi connectivity index (χ1) is 6.65. The molecule has 9 heteroatoms. The van der Waals surface area contributed by atoms with E-state index in [2.05, 4.69) is 47.0 Å². The van der Waals surface area contributed by atoms with Crippen molar-refractivity contribution in [2.24, 2.45) is 0 Å². The predicted octanol–water partition coefficient (Wildman–Crippen LogP) is 3.25. The molecule has 2 aromatic rings. The zero-order valence-corrected chi connectivity index (χ0v) is 12.0. The Bertz CT molecular complexity index is 434. The fourth-order valence-corrected chi connectivity index (χ4v) is 4.77. The van der Waals surface area contributed by atoms with Crippen LogP contribution in [-0.4, -0.2) is 15.2 Å². The molecule has 0 aliphatic rings. The van der Waals surface area contributed by atoms with Crippen LogP contribution in [0.5, 0.6) is 0 Å². The van der Waals surface area contributed by atoms with E-state index in [0.29, 0.717) is 5.13 Å². The highest BCUT2D eigenvalue weighted by Gasteiger charge is 2.10. The molecule has 2 rings (SSSR count). The van der Waals surface area contributed by atoms with Crippen molar-refractivity contribution >= 4 is 71.4 Å². The van der Waals surface area contributed by atoms with Crippen LogP contribution in [0.3, 0.4) is 0 Å². The molecule has 0 unspecified atom stereocenters. The number of nitrogen functional groups attached to an aromatic ring is 1. The van der Waals surface area contributed by atoms with E-state index in [-0.39, 0.29) is 0 Å². The van der Waals surface area contributed by atoms with E-state index >= 15 is 0 Å². The maximum Gasteiger partial charge on any atom is 0.203 e. The molecular weight excluding hydrogens is 372 g/mol. The average molecular weight is 374 g/mol. The number of hydrogen-bond acceptors (Lipinski definition) is 7. The topological polar surface area (TPSA) is 64.7 Å².